The third-order valence-corrected chi connectivity index (χ3v) is 3.87. The van der Waals surface area contributed by atoms with Crippen molar-refractivity contribution in [2.24, 2.45) is 5.92 Å². The maximum absolute atomic E-state index is 13.6. The Morgan fingerprint density at radius 2 is 2.05 bits per heavy atom. The van der Waals surface area contributed by atoms with Gasteiger partial charge in [0.1, 0.15) is 11.6 Å². The lowest BCUT2D eigenvalue weighted by Gasteiger charge is -2.30. The van der Waals surface area contributed by atoms with Crippen LogP contribution >= 0.6 is 0 Å². The molecule has 1 saturated heterocycles. The molecule has 1 fully saturated rings. The summed E-state index contributed by atoms with van der Waals surface area (Å²) >= 11 is 0. The van der Waals surface area contributed by atoms with Gasteiger partial charge in [0.25, 0.3) is 0 Å². The number of nitrogens with zero attached hydrogens (tertiary/aromatic N) is 1. The van der Waals surface area contributed by atoms with E-state index in [1.54, 1.807) is 0 Å². The second-order valence-corrected chi connectivity index (χ2v) is 5.54. The van der Waals surface area contributed by atoms with E-state index >= 15 is 0 Å². The summed E-state index contributed by atoms with van der Waals surface area (Å²) in [7, 11) is 2.12. The van der Waals surface area contributed by atoms with E-state index in [2.05, 4.69) is 17.3 Å². The van der Waals surface area contributed by atoms with Crippen LogP contribution in [0.4, 0.5) is 8.78 Å². The van der Waals surface area contributed by atoms with Crippen molar-refractivity contribution >= 4 is 0 Å². The summed E-state index contributed by atoms with van der Waals surface area (Å²) in [4.78, 5) is 2.31. The van der Waals surface area contributed by atoms with E-state index in [9.17, 15) is 8.78 Å². The lowest BCUT2D eigenvalue weighted by atomic mass is 9.97. The minimum absolute atomic E-state index is 0.145. The predicted octanol–water partition coefficient (Wildman–Crippen LogP) is 2.96. The van der Waals surface area contributed by atoms with Gasteiger partial charge in [-0.1, -0.05) is 6.07 Å². The minimum atomic E-state index is -0.472. The highest BCUT2D eigenvalue weighted by molar-refractivity contribution is 5.22. The smallest absolute Gasteiger partial charge is 0.130 e. The quantitative estimate of drug-likeness (QED) is 0.903. The Kier molecular flexibility index (Phi) is 4.88. The molecule has 19 heavy (non-hydrogen) atoms. The Hall–Kier alpha value is -1.00. The Morgan fingerprint density at radius 1 is 1.37 bits per heavy atom. The zero-order valence-corrected chi connectivity index (χ0v) is 11.6. The van der Waals surface area contributed by atoms with Crippen molar-refractivity contribution < 1.29 is 8.78 Å². The molecule has 1 N–H and O–H groups in total. The van der Waals surface area contributed by atoms with E-state index in [-0.39, 0.29) is 11.6 Å². The van der Waals surface area contributed by atoms with Gasteiger partial charge in [0.05, 0.1) is 0 Å². The molecule has 0 bridgehead atoms. The van der Waals surface area contributed by atoms with Gasteiger partial charge in [0.15, 0.2) is 0 Å². The van der Waals surface area contributed by atoms with Gasteiger partial charge in [-0.25, -0.2) is 8.78 Å². The van der Waals surface area contributed by atoms with E-state index < -0.39 is 11.6 Å². The number of benzene rings is 1. The van der Waals surface area contributed by atoms with E-state index in [4.69, 9.17) is 0 Å². The van der Waals surface area contributed by atoms with Crippen LogP contribution in [0.1, 0.15) is 31.4 Å². The fourth-order valence-corrected chi connectivity index (χ4v) is 2.81. The molecule has 4 heteroatoms. The van der Waals surface area contributed by atoms with Crippen LogP contribution in [0.25, 0.3) is 0 Å². The largest absolute Gasteiger partial charge is 0.310 e. The molecule has 0 aliphatic carbocycles. The summed E-state index contributed by atoms with van der Waals surface area (Å²) in [5, 5.41) is 3.26. The van der Waals surface area contributed by atoms with Crippen molar-refractivity contribution in [2.45, 2.75) is 25.8 Å². The molecule has 1 aromatic rings. The first-order chi connectivity index (χ1) is 9.08. The van der Waals surface area contributed by atoms with Gasteiger partial charge in [-0.2, -0.15) is 0 Å². The summed E-state index contributed by atoms with van der Waals surface area (Å²) in [5.74, 6) is -0.377. The molecule has 0 saturated carbocycles. The first kappa shape index (κ1) is 14.4. The average molecular weight is 268 g/mol. The van der Waals surface area contributed by atoms with Crippen LogP contribution in [0.5, 0.6) is 0 Å². The van der Waals surface area contributed by atoms with Gasteiger partial charge < -0.3 is 10.2 Å². The third-order valence-electron chi connectivity index (χ3n) is 3.87. The van der Waals surface area contributed by atoms with Gasteiger partial charge >= 0.3 is 0 Å². The van der Waals surface area contributed by atoms with Crippen LogP contribution < -0.4 is 5.32 Å². The molecule has 0 aromatic heterocycles. The van der Waals surface area contributed by atoms with Crippen LogP contribution in [-0.4, -0.2) is 31.6 Å². The van der Waals surface area contributed by atoms with Crippen LogP contribution in [0.15, 0.2) is 18.2 Å². The molecule has 1 heterocycles. The molecule has 2 unspecified atom stereocenters. The maximum atomic E-state index is 13.6. The minimum Gasteiger partial charge on any atom is -0.310 e. The zero-order valence-electron chi connectivity index (χ0n) is 11.6. The highest BCUT2D eigenvalue weighted by Crippen LogP contribution is 2.21. The van der Waals surface area contributed by atoms with Gasteiger partial charge in [0, 0.05) is 18.2 Å². The first-order valence-electron chi connectivity index (χ1n) is 6.93. The third kappa shape index (κ3) is 3.74. The van der Waals surface area contributed by atoms with Crippen molar-refractivity contribution in [2.75, 3.05) is 26.7 Å². The van der Waals surface area contributed by atoms with Crippen LogP contribution in [0, 0.1) is 17.6 Å². The molecular weight excluding hydrogens is 246 g/mol. The van der Waals surface area contributed by atoms with Gasteiger partial charge in [-0.3, -0.25) is 0 Å². The van der Waals surface area contributed by atoms with Crippen LogP contribution in [-0.2, 0) is 0 Å². The van der Waals surface area contributed by atoms with Crippen molar-refractivity contribution in [3.63, 3.8) is 0 Å². The molecule has 2 atom stereocenters. The summed E-state index contributed by atoms with van der Waals surface area (Å²) < 4.78 is 27.3. The number of rotatable bonds is 4. The fraction of sp³-hybridized carbons (Fsp3) is 0.600. The number of halogens is 2. The number of likely N-dealkylation sites (tertiary alicyclic amines) is 1. The normalized spacial score (nSPS) is 22.4. The topological polar surface area (TPSA) is 15.3 Å². The fourth-order valence-electron chi connectivity index (χ4n) is 2.81. The van der Waals surface area contributed by atoms with Crippen molar-refractivity contribution in [1.82, 2.24) is 10.2 Å². The summed E-state index contributed by atoms with van der Waals surface area (Å²) in [6, 6.07) is 3.72. The molecule has 1 aromatic carbocycles. The molecule has 2 rings (SSSR count). The maximum Gasteiger partial charge on any atom is 0.130 e. The standard InChI is InChI=1S/C15H22F2N2/c1-11(15-13(16)6-3-7-14(15)17)18-9-12-5-4-8-19(2)10-12/h3,6-7,11-12,18H,4-5,8-10H2,1-2H3. The summed E-state index contributed by atoms with van der Waals surface area (Å²) in [6.07, 6.45) is 2.38. The Morgan fingerprint density at radius 3 is 2.68 bits per heavy atom. The lowest BCUT2D eigenvalue weighted by Crippen LogP contribution is -2.38. The Balaban J connectivity index is 1.92. The lowest BCUT2D eigenvalue weighted by molar-refractivity contribution is 0.203. The van der Waals surface area contributed by atoms with Crippen molar-refractivity contribution in [1.29, 1.82) is 0 Å². The highest BCUT2D eigenvalue weighted by Gasteiger charge is 2.20. The number of piperidine rings is 1. The molecular formula is C15H22F2N2. The monoisotopic (exact) mass is 268 g/mol. The molecule has 0 spiro atoms. The van der Waals surface area contributed by atoms with Gasteiger partial charge in [0.2, 0.25) is 0 Å². The van der Waals surface area contributed by atoms with E-state index in [1.807, 2.05) is 6.92 Å². The summed E-state index contributed by atoms with van der Waals surface area (Å²) in [5.41, 5.74) is 0.145. The van der Waals surface area contributed by atoms with E-state index in [1.165, 1.54) is 31.0 Å². The predicted molar refractivity (Wildman–Crippen MR) is 73.0 cm³/mol. The first-order valence-corrected chi connectivity index (χ1v) is 6.93. The molecule has 0 amide bonds. The Labute approximate surface area is 113 Å². The van der Waals surface area contributed by atoms with E-state index in [0.717, 1.165) is 19.6 Å². The van der Waals surface area contributed by atoms with Crippen molar-refractivity contribution in [3.05, 3.63) is 35.4 Å². The molecule has 1 aliphatic heterocycles. The Bertz CT molecular complexity index is 402. The number of hydrogen-bond donors (Lipinski definition) is 1. The molecule has 1 aliphatic rings. The highest BCUT2D eigenvalue weighted by atomic mass is 19.1. The average Bonchev–Trinajstić information content (AvgIpc) is 2.36. The van der Waals surface area contributed by atoms with Gasteiger partial charge in [-0.05, 0) is 58.0 Å². The second kappa shape index (κ2) is 6.44. The van der Waals surface area contributed by atoms with Gasteiger partial charge in [-0.15, -0.1) is 0 Å². The van der Waals surface area contributed by atoms with E-state index in [0.29, 0.717) is 5.92 Å². The van der Waals surface area contributed by atoms with Crippen LogP contribution in [0.2, 0.25) is 0 Å². The molecule has 0 radical (unpaired) electrons. The number of hydrogen-bond acceptors (Lipinski definition) is 2. The number of nitrogens with one attached hydrogen (secondary N) is 1. The molecule has 2 nitrogen and oxygen atoms in total. The zero-order chi connectivity index (χ0) is 13.8. The SMILES string of the molecule is CC(NCC1CCCN(C)C1)c1c(F)cccc1F. The van der Waals surface area contributed by atoms with Crippen LogP contribution in [0.3, 0.4) is 0 Å². The molecule has 106 valence electrons. The summed E-state index contributed by atoms with van der Waals surface area (Å²) in [6.45, 7) is 4.82. The second-order valence-electron chi connectivity index (χ2n) is 5.54. The van der Waals surface area contributed by atoms with Crippen molar-refractivity contribution in [3.8, 4) is 0 Å².